The van der Waals surface area contributed by atoms with Crippen LogP contribution in [0.15, 0.2) is 174 Å². The third-order valence-corrected chi connectivity index (χ3v) is 9.66. The third kappa shape index (κ3) is 5.15. The fourth-order valence-corrected chi connectivity index (χ4v) is 7.25. The van der Waals surface area contributed by atoms with Crippen LogP contribution in [0.4, 0.5) is 0 Å². The molecule has 0 spiro atoms. The zero-order chi connectivity index (χ0) is 33.7. The molecular weight excluding hydrogens is 625 g/mol. The number of fused-ring (bicyclic) bond motifs is 6. The summed E-state index contributed by atoms with van der Waals surface area (Å²) < 4.78 is 8.59. The molecule has 0 saturated heterocycles. The second-order valence-electron chi connectivity index (χ2n) is 12.9. The molecule has 0 bridgehead atoms. The Bertz CT molecular complexity index is 2830. The lowest BCUT2D eigenvalue weighted by Gasteiger charge is -2.11. The fourth-order valence-electron chi connectivity index (χ4n) is 7.25. The highest BCUT2D eigenvalue weighted by Gasteiger charge is 2.16. The summed E-state index contributed by atoms with van der Waals surface area (Å²) >= 11 is 0. The molecule has 7 aromatic carbocycles. The molecule has 0 saturated carbocycles. The van der Waals surface area contributed by atoms with Crippen LogP contribution in [0.1, 0.15) is 11.4 Å². The van der Waals surface area contributed by atoms with Crippen LogP contribution in [-0.2, 0) is 6.42 Å². The van der Waals surface area contributed by atoms with Crippen LogP contribution in [0.25, 0.3) is 83.3 Å². The predicted molar refractivity (Wildman–Crippen MR) is 207 cm³/mol. The maximum absolute atomic E-state index is 6.23. The van der Waals surface area contributed by atoms with E-state index in [9.17, 15) is 0 Å². The van der Waals surface area contributed by atoms with E-state index in [0.717, 1.165) is 72.3 Å². The van der Waals surface area contributed by atoms with Gasteiger partial charge in [0.25, 0.3) is 0 Å². The molecule has 0 aliphatic carbocycles. The van der Waals surface area contributed by atoms with Gasteiger partial charge in [-0.2, -0.15) is 0 Å². The Morgan fingerprint density at radius 3 is 1.82 bits per heavy atom. The standard InChI is InChI=1S/C46H30N4O/c1-3-12-31(13-4-1)45-47-44(48-46(49-45)32-14-5-2-6-15-32)27-30-22-25-41-39(26-30)36-18-7-9-20-40(36)50(41)35-17-11-16-33(28-35)34-23-24-38-37-19-8-10-21-42(37)51-43(38)29-34/h1-26,28-29H,27H2. The van der Waals surface area contributed by atoms with Gasteiger partial charge in [-0.05, 0) is 65.2 Å². The van der Waals surface area contributed by atoms with Gasteiger partial charge in [-0.15, -0.1) is 0 Å². The lowest BCUT2D eigenvalue weighted by molar-refractivity contribution is 0.669. The average Bonchev–Trinajstić information content (AvgIpc) is 3.73. The fraction of sp³-hybridized carbons (Fsp3) is 0.0217. The van der Waals surface area contributed by atoms with Gasteiger partial charge in [0, 0.05) is 44.8 Å². The first-order chi connectivity index (χ1) is 25.2. The Morgan fingerprint density at radius 1 is 0.412 bits per heavy atom. The molecule has 10 aromatic rings. The zero-order valence-electron chi connectivity index (χ0n) is 27.6. The Morgan fingerprint density at radius 2 is 1.04 bits per heavy atom. The van der Waals surface area contributed by atoms with Crippen molar-refractivity contribution in [2.24, 2.45) is 0 Å². The van der Waals surface area contributed by atoms with Crippen LogP contribution < -0.4 is 0 Å². The summed E-state index contributed by atoms with van der Waals surface area (Å²) in [6.45, 7) is 0. The maximum Gasteiger partial charge on any atom is 0.163 e. The quantitative estimate of drug-likeness (QED) is 0.179. The monoisotopic (exact) mass is 654 g/mol. The molecule has 240 valence electrons. The predicted octanol–water partition coefficient (Wildman–Crippen LogP) is 11.5. The van der Waals surface area contributed by atoms with E-state index >= 15 is 0 Å². The molecule has 0 N–H and O–H groups in total. The molecule has 0 aliphatic heterocycles. The minimum atomic E-state index is 0.581. The second kappa shape index (κ2) is 11.9. The molecule has 3 aromatic heterocycles. The largest absolute Gasteiger partial charge is 0.456 e. The number of hydrogen-bond acceptors (Lipinski definition) is 4. The van der Waals surface area contributed by atoms with Crippen LogP contribution in [0, 0.1) is 0 Å². The molecule has 0 radical (unpaired) electrons. The highest BCUT2D eigenvalue weighted by Crippen LogP contribution is 2.36. The van der Waals surface area contributed by atoms with Crippen LogP contribution in [0.5, 0.6) is 0 Å². The molecule has 0 atom stereocenters. The Labute approximate surface area is 294 Å². The van der Waals surface area contributed by atoms with Gasteiger partial charge in [-0.3, -0.25) is 0 Å². The lowest BCUT2D eigenvalue weighted by Crippen LogP contribution is -2.04. The molecular formula is C46H30N4O. The second-order valence-corrected chi connectivity index (χ2v) is 12.9. The highest BCUT2D eigenvalue weighted by molar-refractivity contribution is 6.10. The number of furan rings is 1. The third-order valence-electron chi connectivity index (χ3n) is 9.66. The average molecular weight is 655 g/mol. The van der Waals surface area contributed by atoms with Crippen molar-refractivity contribution in [2.75, 3.05) is 0 Å². The summed E-state index contributed by atoms with van der Waals surface area (Å²) in [5.41, 5.74) is 10.6. The smallest absolute Gasteiger partial charge is 0.163 e. The van der Waals surface area contributed by atoms with Crippen LogP contribution in [0.3, 0.4) is 0 Å². The van der Waals surface area contributed by atoms with Crippen molar-refractivity contribution < 1.29 is 4.42 Å². The van der Waals surface area contributed by atoms with Gasteiger partial charge in [0.05, 0.1) is 11.0 Å². The first-order valence-electron chi connectivity index (χ1n) is 17.2. The molecule has 5 heteroatoms. The number of aromatic nitrogens is 4. The minimum Gasteiger partial charge on any atom is -0.456 e. The van der Waals surface area contributed by atoms with E-state index in [-0.39, 0.29) is 0 Å². The molecule has 10 rings (SSSR count). The number of rotatable bonds is 6. The van der Waals surface area contributed by atoms with Crippen LogP contribution in [0.2, 0.25) is 0 Å². The van der Waals surface area contributed by atoms with E-state index in [0.29, 0.717) is 18.1 Å². The van der Waals surface area contributed by atoms with Crippen molar-refractivity contribution >= 4 is 43.7 Å². The summed E-state index contributed by atoms with van der Waals surface area (Å²) in [5.74, 6) is 2.09. The van der Waals surface area contributed by atoms with E-state index in [1.54, 1.807) is 0 Å². The number of nitrogens with zero attached hydrogens (tertiary/aromatic N) is 4. The Hall–Kier alpha value is -6.85. The van der Waals surface area contributed by atoms with Gasteiger partial charge in [0.15, 0.2) is 11.6 Å². The maximum atomic E-state index is 6.23. The SMILES string of the molecule is c1ccc(-c2nc(Cc3ccc4c(c3)c3ccccc3n4-c3cccc(-c4ccc5c(c4)oc4ccccc45)c3)nc(-c3ccccc3)n2)cc1. The van der Waals surface area contributed by atoms with Crippen molar-refractivity contribution in [1.29, 1.82) is 0 Å². The molecule has 0 unspecified atom stereocenters. The summed E-state index contributed by atoms with van der Waals surface area (Å²) in [6.07, 6.45) is 0.581. The van der Waals surface area contributed by atoms with E-state index in [2.05, 4.69) is 102 Å². The Kier molecular flexibility index (Phi) is 6.81. The van der Waals surface area contributed by atoms with Crippen molar-refractivity contribution in [2.45, 2.75) is 6.42 Å². The van der Waals surface area contributed by atoms with Gasteiger partial charge < -0.3 is 8.98 Å². The topological polar surface area (TPSA) is 56.7 Å². The van der Waals surface area contributed by atoms with Gasteiger partial charge in [-0.1, -0.05) is 121 Å². The minimum absolute atomic E-state index is 0.581. The number of para-hydroxylation sites is 2. The van der Waals surface area contributed by atoms with Crippen molar-refractivity contribution in [3.63, 3.8) is 0 Å². The van der Waals surface area contributed by atoms with E-state index in [1.807, 2.05) is 72.8 Å². The first kappa shape index (κ1) is 29.1. The Balaban J connectivity index is 1.06. The number of hydrogen-bond donors (Lipinski definition) is 0. The summed E-state index contributed by atoms with van der Waals surface area (Å²) in [6, 6.07) is 59.1. The van der Waals surface area contributed by atoms with Crippen molar-refractivity contribution in [1.82, 2.24) is 19.5 Å². The van der Waals surface area contributed by atoms with Crippen molar-refractivity contribution in [3.05, 3.63) is 181 Å². The van der Waals surface area contributed by atoms with Gasteiger partial charge in [-0.25, -0.2) is 15.0 Å². The van der Waals surface area contributed by atoms with E-state index in [4.69, 9.17) is 19.4 Å². The van der Waals surface area contributed by atoms with Crippen LogP contribution >= 0.6 is 0 Å². The van der Waals surface area contributed by atoms with Crippen molar-refractivity contribution in [3.8, 4) is 39.6 Å². The lowest BCUT2D eigenvalue weighted by atomic mass is 10.0. The van der Waals surface area contributed by atoms with E-state index in [1.165, 1.54) is 10.8 Å². The van der Waals surface area contributed by atoms with Gasteiger partial charge in [0.2, 0.25) is 0 Å². The summed E-state index contributed by atoms with van der Waals surface area (Å²) in [7, 11) is 0. The first-order valence-corrected chi connectivity index (χ1v) is 17.2. The highest BCUT2D eigenvalue weighted by atomic mass is 16.3. The normalized spacial score (nSPS) is 11.6. The molecule has 0 amide bonds. The van der Waals surface area contributed by atoms with Gasteiger partial charge in [0.1, 0.15) is 17.0 Å². The van der Waals surface area contributed by atoms with Gasteiger partial charge >= 0.3 is 0 Å². The molecule has 5 nitrogen and oxygen atoms in total. The zero-order valence-corrected chi connectivity index (χ0v) is 27.6. The number of benzene rings is 7. The van der Waals surface area contributed by atoms with Crippen LogP contribution in [-0.4, -0.2) is 19.5 Å². The van der Waals surface area contributed by atoms with E-state index < -0.39 is 0 Å². The molecule has 0 fully saturated rings. The summed E-state index contributed by atoms with van der Waals surface area (Å²) in [5, 5.41) is 4.67. The molecule has 51 heavy (non-hydrogen) atoms. The molecule has 3 heterocycles. The molecule has 0 aliphatic rings. The summed E-state index contributed by atoms with van der Waals surface area (Å²) in [4.78, 5) is 14.8.